The third kappa shape index (κ3) is 4.77. The molecule has 2 atom stereocenters. The van der Waals surface area contributed by atoms with Gasteiger partial charge in [0.1, 0.15) is 5.82 Å². The van der Waals surface area contributed by atoms with Crippen LogP contribution in [0.4, 0.5) is 10.1 Å². The van der Waals surface area contributed by atoms with Crippen LogP contribution in [0.5, 0.6) is 0 Å². The molecule has 3 rings (SSSR count). The number of rotatable bonds is 7. The molecule has 1 fully saturated rings. The molecule has 4 nitrogen and oxygen atoms in total. The van der Waals surface area contributed by atoms with Gasteiger partial charge < -0.3 is 10.2 Å². The Bertz CT molecular complexity index is 835. The zero-order chi connectivity index (χ0) is 20.1. The topological polar surface area (TPSA) is 49.4 Å². The number of likely N-dealkylation sites (tertiary alicyclic amines) is 1. The number of hydrogen-bond donors (Lipinski definition) is 1. The van der Waals surface area contributed by atoms with Crippen LogP contribution < -0.4 is 5.32 Å². The van der Waals surface area contributed by atoms with E-state index >= 15 is 0 Å². The van der Waals surface area contributed by atoms with E-state index < -0.39 is 0 Å². The first-order valence-electron chi connectivity index (χ1n) is 9.90. The predicted octanol–water partition coefficient (Wildman–Crippen LogP) is 4.37. The minimum atomic E-state index is -0.342. The Morgan fingerprint density at radius 3 is 2.64 bits per heavy atom. The fourth-order valence-corrected chi connectivity index (χ4v) is 3.57. The van der Waals surface area contributed by atoms with Crippen molar-refractivity contribution in [1.29, 1.82) is 0 Å². The summed E-state index contributed by atoms with van der Waals surface area (Å²) in [4.78, 5) is 26.8. The van der Waals surface area contributed by atoms with Crippen molar-refractivity contribution < 1.29 is 14.0 Å². The van der Waals surface area contributed by atoms with Gasteiger partial charge in [-0.25, -0.2) is 4.39 Å². The zero-order valence-electron chi connectivity index (χ0n) is 16.5. The van der Waals surface area contributed by atoms with Gasteiger partial charge in [0.05, 0.1) is 5.92 Å². The molecule has 0 radical (unpaired) electrons. The Kier molecular flexibility index (Phi) is 6.45. The lowest BCUT2D eigenvalue weighted by atomic mass is 9.96. The van der Waals surface area contributed by atoms with Crippen molar-refractivity contribution >= 4 is 17.5 Å². The van der Waals surface area contributed by atoms with Crippen LogP contribution in [0.25, 0.3) is 0 Å². The number of benzene rings is 2. The van der Waals surface area contributed by atoms with E-state index in [1.807, 2.05) is 24.3 Å². The van der Waals surface area contributed by atoms with E-state index in [9.17, 15) is 14.0 Å². The van der Waals surface area contributed by atoms with Gasteiger partial charge in [-0.2, -0.15) is 0 Å². The second kappa shape index (κ2) is 9.00. The van der Waals surface area contributed by atoms with Gasteiger partial charge in [-0.15, -0.1) is 0 Å². The van der Waals surface area contributed by atoms with Gasteiger partial charge in [0.2, 0.25) is 11.8 Å². The summed E-state index contributed by atoms with van der Waals surface area (Å²) in [7, 11) is 0. The van der Waals surface area contributed by atoms with Crippen LogP contribution >= 0.6 is 0 Å². The van der Waals surface area contributed by atoms with Gasteiger partial charge in [0, 0.05) is 25.2 Å². The summed E-state index contributed by atoms with van der Waals surface area (Å²) in [6.07, 6.45) is 1.88. The molecule has 0 spiro atoms. The van der Waals surface area contributed by atoms with Crippen molar-refractivity contribution in [2.45, 2.75) is 39.0 Å². The molecule has 0 unspecified atom stereocenters. The van der Waals surface area contributed by atoms with Gasteiger partial charge >= 0.3 is 0 Å². The maximum Gasteiger partial charge on any atom is 0.229 e. The Morgan fingerprint density at radius 1 is 1.21 bits per heavy atom. The number of halogens is 1. The normalized spacial score (nSPS) is 17.6. The largest absolute Gasteiger partial charge is 0.342 e. The summed E-state index contributed by atoms with van der Waals surface area (Å²) in [6, 6.07) is 14.2. The Labute approximate surface area is 165 Å². The van der Waals surface area contributed by atoms with Crippen LogP contribution in [0.2, 0.25) is 0 Å². The third-order valence-corrected chi connectivity index (χ3v) is 5.53. The number of nitrogens with one attached hydrogen (secondary N) is 1. The summed E-state index contributed by atoms with van der Waals surface area (Å²) in [5.41, 5.74) is 2.93. The van der Waals surface area contributed by atoms with Crippen molar-refractivity contribution in [3.63, 3.8) is 0 Å². The smallest absolute Gasteiger partial charge is 0.229 e. The summed E-state index contributed by atoms with van der Waals surface area (Å²) in [5.74, 6) is -0.360. The quantitative estimate of drug-likeness (QED) is 0.773. The molecule has 2 aromatic carbocycles. The number of carbonyl (C=O) groups excluding carboxylic acids is 2. The maximum absolute atomic E-state index is 13.0. The maximum atomic E-state index is 13.0. The van der Waals surface area contributed by atoms with Gasteiger partial charge in [0.15, 0.2) is 0 Å². The summed E-state index contributed by atoms with van der Waals surface area (Å²) in [5, 5.41) is 3.03. The molecule has 1 heterocycles. The first-order valence-corrected chi connectivity index (χ1v) is 9.90. The number of hydrogen-bond acceptors (Lipinski definition) is 2. The Balaban J connectivity index is 1.59. The molecular weight excluding hydrogens is 355 g/mol. The van der Waals surface area contributed by atoms with Gasteiger partial charge in [-0.1, -0.05) is 44.2 Å². The van der Waals surface area contributed by atoms with Crippen LogP contribution in [0.1, 0.15) is 43.7 Å². The molecule has 1 aliphatic heterocycles. The van der Waals surface area contributed by atoms with Gasteiger partial charge in [-0.3, -0.25) is 9.59 Å². The van der Waals surface area contributed by atoms with E-state index in [-0.39, 0.29) is 30.0 Å². The lowest BCUT2D eigenvalue weighted by Crippen LogP contribution is -2.30. The molecule has 1 saturated heterocycles. The monoisotopic (exact) mass is 382 g/mol. The summed E-state index contributed by atoms with van der Waals surface area (Å²) >= 11 is 0. The van der Waals surface area contributed by atoms with E-state index in [2.05, 4.69) is 19.2 Å². The standard InChI is InChI=1S/C23H27FN2O2/c1-3-16(2)20-6-4-5-7-21(20)25-23(28)18-14-22(27)26(15-18)13-12-17-8-10-19(24)11-9-17/h4-11,16,18H,3,12-15H2,1-2H3,(H,25,28)/t16-,18-/m1/s1. The molecule has 0 saturated carbocycles. The molecule has 5 heteroatoms. The fraction of sp³-hybridized carbons (Fsp3) is 0.391. The van der Waals surface area contributed by atoms with Crippen LogP contribution in [0, 0.1) is 11.7 Å². The highest BCUT2D eigenvalue weighted by Gasteiger charge is 2.34. The number of carbonyl (C=O) groups is 2. The SMILES string of the molecule is CC[C@@H](C)c1ccccc1NC(=O)[C@@H]1CC(=O)N(CCc2ccc(F)cc2)C1. The third-order valence-electron chi connectivity index (χ3n) is 5.53. The van der Waals surface area contributed by atoms with Crippen LogP contribution in [0.3, 0.4) is 0 Å². The summed E-state index contributed by atoms with van der Waals surface area (Å²) in [6.45, 7) is 5.23. The minimum absolute atomic E-state index is 0.00234. The number of anilines is 1. The first kappa shape index (κ1) is 20.1. The highest BCUT2D eigenvalue weighted by molar-refractivity contribution is 5.97. The fourth-order valence-electron chi connectivity index (χ4n) is 3.57. The molecule has 1 N–H and O–H groups in total. The van der Waals surface area contributed by atoms with Crippen molar-refractivity contribution in [3.05, 3.63) is 65.5 Å². The number of amides is 2. The minimum Gasteiger partial charge on any atom is -0.342 e. The molecule has 148 valence electrons. The van der Waals surface area contributed by atoms with Crippen LogP contribution in [-0.2, 0) is 16.0 Å². The molecule has 0 aliphatic carbocycles. The predicted molar refractivity (Wildman–Crippen MR) is 109 cm³/mol. The average Bonchev–Trinajstić information content (AvgIpc) is 3.08. The lowest BCUT2D eigenvalue weighted by molar-refractivity contribution is -0.128. The number of para-hydroxylation sites is 1. The number of nitrogens with zero attached hydrogens (tertiary/aromatic N) is 1. The Hall–Kier alpha value is -2.69. The molecular formula is C23H27FN2O2. The van der Waals surface area contributed by atoms with Crippen molar-refractivity contribution in [2.75, 3.05) is 18.4 Å². The Morgan fingerprint density at radius 2 is 1.93 bits per heavy atom. The second-order valence-corrected chi connectivity index (χ2v) is 7.50. The molecule has 2 amide bonds. The van der Waals surface area contributed by atoms with Crippen LogP contribution in [0.15, 0.2) is 48.5 Å². The van der Waals surface area contributed by atoms with Crippen molar-refractivity contribution in [2.24, 2.45) is 5.92 Å². The van der Waals surface area contributed by atoms with Crippen molar-refractivity contribution in [3.8, 4) is 0 Å². The van der Waals surface area contributed by atoms with Gasteiger partial charge in [0.25, 0.3) is 0 Å². The average molecular weight is 382 g/mol. The zero-order valence-corrected chi connectivity index (χ0v) is 16.5. The van der Waals surface area contributed by atoms with Crippen molar-refractivity contribution in [1.82, 2.24) is 4.90 Å². The van der Waals surface area contributed by atoms with E-state index in [0.717, 1.165) is 23.2 Å². The van der Waals surface area contributed by atoms with E-state index in [4.69, 9.17) is 0 Å². The van der Waals surface area contributed by atoms with E-state index in [1.165, 1.54) is 12.1 Å². The second-order valence-electron chi connectivity index (χ2n) is 7.50. The highest BCUT2D eigenvalue weighted by atomic mass is 19.1. The molecule has 0 bridgehead atoms. The van der Waals surface area contributed by atoms with E-state index in [1.54, 1.807) is 17.0 Å². The lowest BCUT2D eigenvalue weighted by Gasteiger charge is -2.18. The summed E-state index contributed by atoms with van der Waals surface area (Å²) < 4.78 is 13.0. The van der Waals surface area contributed by atoms with Gasteiger partial charge in [-0.05, 0) is 48.1 Å². The molecule has 1 aliphatic rings. The molecule has 28 heavy (non-hydrogen) atoms. The molecule has 2 aromatic rings. The van der Waals surface area contributed by atoms with Crippen LogP contribution in [-0.4, -0.2) is 29.8 Å². The first-order chi connectivity index (χ1) is 13.5. The molecule has 0 aromatic heterocycles. The highest BCUT2D eigenvalue weighted by Crippen LogP contribution is 2.28. The van der Waals surface area contributed by atoms with E-state index in [0.29, 0.717) is 25.4 Å².